The summed E-state index contributed by atoms with van der Waals surface area (Å²) in [5.74, 6) is 0. The van der Waals surface area contributed by atoms with E-state index in [0.29, 0.717) is 0 Å². The molecule has 5 aromatic carbocycles. The molecule has 2 nitrogen and oxygen atoms in total. The summed E-state index contributed by atoms with van der Waals surface area (Å²) in [5.41, 5.74) is 12.8. The zero-order valence-electron chi connectivity index (χ0n) is 30.7. The van der Waals surface area contributed by atoms with Gasteiger partial charge in [0.1, 0.15) is 0 Å². The maximum absolute atomic E-state index is 4.60. The van der Waals surface area contributed by atoms with Crippen molar-refractivity contribution in [2.75, 3.05) is 0 Å². The van der Waals surface area contributed by atoms with E-state index in [0.717, 1.165) is 22.5 Å². The molecule has 258 valence electrons. The van der Waals surface area contributed by atoms with Gasteiger partial charge in [-0.2, -0.15) is 0 Å². The fourth-order valence-electron chi connectivity index (χ4n) is 7.94. The van der Waals surface area contributed by atoms with Crippen molar-refractivity contribution >= 4 is 88.1 Å². The molecule has 0 aliphatic rings. The molecule has 53 heavy (non-hydrogen) atoms. The number of hydrogen-bond donors (Lipinski definition) is 0. The Labute approximate surface area is 315 Å². The van der Waals surface area contributed by atoms with E-state index in [1.54, 1.807) is 0 Å². The number of nitrogens with zero attached hydrogens (tertiary/aromatic N) is 2. The molecule has 0 atom stereocenters. The number of aromatic nitrogens is 2. The van der Waals surface area contributed by atoms with Crippen LogP contribution in [0.5, 0.6) is 0 Å². The summed E-state index contributed by atoms with van der Waals surface area (Å²) in [5, 5.41) is 6.20. The first-order valence-corrected chi connectivity index (χ1v) is 19.0. The smallest absolute Gasteiger partial charge is 0.0543 e. The minimum absolute atomic E-state index is 1.05. The predicted molar refractivity (Wildman–Crippen MR) is 236 cm³/mol. The van der Waals surface area contributed by atoms with Gasteiger partial charge < -0.3 is 9.13 Å². The number of rotatable bonds is 9. The van der Waals surface area contributed by atoms with Gasteiger partial charge in [-0.15, -0.1) is 11.3 Å². The third-order valence-electron chi connectivity index (χ3n) is 10.2. The van der Waals surface area contributed by atoms with E-state index in [1.165, 1.54) is 75.3 Å². The topological polar surface area (TPSA) is 9.86 Å². The molecule has 3 heteroatoms. The number of allylic oxidation sites excluding steroid dienone is 11. The van der Waals surface area contributed by atoms with Crippen molar-refractivity contribution in [2.45, 2.75) is 27.7 Å². The molecule has 0 aliphatic carbocycles. The Kier molecular flexibility index (Phi) is 9.04. The summed E-state index contributed by atoms with van der Waals surface area (Å²) in [7, 11) is 0. The molecule has 3 heterocycles. The molecule has 8 rings (SSSR count). The molecule has 0 N–H and O–H groups in total. The Morgan fingerprint density at radius 1 is 0.660 bits per heavy atom. The quantitative estimate of drug-likeness (QED) is 0.133. The Morgan fingerprint density at radius 3 is 2.06 bits per heavy atom. The first-order chi connectivity index (χ1) is 26.0. The molecule has 0 radical (unpaired) electrons. The van der Waals surface area contributed by atoms with Gasteiger partial charge in [0, 0.05) is 53.5 Å². The Hall–Kier alpha value is -6.16. The van der Waals surface area contributed by atoms with Crippen LogP contribution in [0.25, 0.3) is 87.9 Å². The summed E-state index contributed by atoms with van der Waals surface area (Å²) in [6.07, 6.45) is 16.9. The first kappa shape index (κ1) is 34.0. The third-order valence-corrected chi connectivity index (χ3v) is 11.4. The van der Waals surface area contributed by atoms with Crippen LogP contribution in [-0.2, 0) is 0 Å². The fourth-order valence-corrected chi connectivity index (χ4v) is 9.12. The van der Waals surface area contributed by atoms with E-state index in [4.69, 9.17) is 0 Å². The van der Waals surface area contributed by atoms with Gasteiger partial charge in [0.2, 0.25) is 0 Å². The highest BCUT2D eigenvalue weighted by Crippen LogP contribution is 2.43. The molecule has 0 fully saturated rings. The van der Waals surface area contributed by atoms with E-state index in [-0.39, 0.29) is 0 Å². The van der Waals surface area contributed by atoms with Gasteiger partial charge in [0.05, 0.1) is 22.1 Å². The van der Waals surface area contributed by atoms with E-state index in [9.17, 15) is 0 Å². The lowest BCUT2D eigenvalue weighted by Gasteiger charge is -2.12. The SMILES string of the molecule is C=C/C=C(\C=C/C)n1c2ccccc2c2cc(-c3cccc4c3c3ccccc3n4/C(C)=C/c3c(C(=C)C(/C=C\C)=C/C)sc4ccccc34)ccc21. The van der Waals surface area contributed by atoms with Crippen LogP contribution < -0.4 is 0 Å². The Morgan fingerprint density at radius 2 is 1.32 bits per heavy atom. The minimum Gasteiger partial charge on any atom is -0.313 e. The van der Waals surface area contributed by atoms with Crippen molar-refractivity contribution in [2.24, 2.45) is 0 Å². The minimum atomic E-state index is 1.05. The van der Waals surface area contributed by atoms with Gasteiger partial charge in [-0.25, -0.2) is 0 Å². The second kappa shape index (κ2) is 14.1. The van der Waals surface area contributed by atoms with Crippen LogP contribution in [0.1, 0.15) is 38.1 Å². The fraction of sp³-hybridized carbons (Fsp3) is 0.0800. The van der Waals surface area contributed by atoms with Crippen LogP contribution >= 0.6 is 11.3 Å². The monoisotopic (exact) mass is 702 g/mol. The maximum atomic E-state index is 4.60. The Balaban J connectivity index is 1.35. The summed E-state index contributed by atoms with van der Waals surface area (Å²) in [4.78, 5) is 1.20. The van der Waals surface area contributed by atoms with Gasteiger partial charge in [-0.3, -0.25) is 0 Å². The summed E-state index contributed by atoms with van der Waals surface area (Å²) in [6, 6.07) is 39.9. The second-order valence-electron chi connectivity index (χ2n) is 13.3. The molecule has 0 spiro atoms. The highest BCUT2D eigenvalue weighted by Gasteiger charge is 2.20. The van der Waals surface area contributed by atoms with Crippen molar-refractivity contribution in [1.29, 1.82) is 0 Å². The summed E-state index contributed by atoms with van der Waals surface area (Å²) < 4.78 is 6.03. The van der Waals surface area contributed by atoms with E-state index < -0.39 is 0 Å². The highest BCUT2D eigenvalue weighted by atomic mass is 32.1. The van der Waals surface area contributed by atoms with Crippen molar-refractivity contribution in [3.8, 4) is 11.1 Å². The van der Waals surface area contributed by atoms with Crippen LogP contribution in [0.2, 0.25) is 0 Å². The molecule has 0 saturated heterocycles. The maximum Gasteiger partial charge on any atom is 0.0543 e. The lowest BCUT2D eigenvalue weighted by molar-refractivity contribution is 1.21. The van der Waals surface area contributed by atoms with Crippen molar-refractivity contribution < 1.29 is 0 Å². The first-order valence-electron chi connectivity index (χ1n) is 18.2. The van der Waals surface area contributed by atoms with Crippen LogP contribution in [0.3, 0.4) is 0 Å². The van der Waals surface area contributed by atoms with Crippen LogP contribution in [-0.4, -0.2) is 9.13 Å². The number of thiophene rings is 1. The van der Waals surface area contributed by atoms with Crippen LogP contribution in [0, 0.1) is 0 Å². The molecule has 0 aliphatic heterocycles. The molecule has 0 bridgehead atoms. The number of hydrogen-bond acceptors (Lipinski definition) is 1. The molecular weight excluding hydrogens is 661 g/mol. The zero-order chi connectivity index (χ0) is 36.6. The van der Waals surface area contributed by atoms with Gasteiger partial charge in [-0.1, -0.05) is 116 Å². The lowest BCUT2D eigenvalue weighted by Crippen LogP contribution is -1.94. The zero-order valence-corrected chi connectivity index (χ0v) is 31.5. The van der Waals surface area contributed by atoms with Gasteiger partial charge in [0.15, 0.2) is 0 Å². The molecule has 0 saturated carbocycles. The van der Waals surface area contributed by atoms with Gasteiger partial charge in [0.25, 0.3) is 0 Å². The van der Waals surface area contributed by atoms with Crippen molar-refractivity contribution in [3.63, 3.8) is 0 Å². The Bertz CT molecular complexity index is 2910. The predicted octanol–water partition coefficient (Wildman–Crippen LogP) is 14.9. The van der Waals surface area contributed by atoms with Crippen molar-refractivity contribution in [3.05, 3.63) is 181 Å². The average Bonchev–Trinajstić information content (AvgIpc) is 3.84. The normalized spacial score (nSPS) is 13.2. The lowest BCUT2D eigenvalue weighted by atomic mass is 9.98. The second-order valence-corrected chi connectivity index (χ2v) is 14.4. The molecule has 0 amide bonds. The highest BCUT2D eigenvalue weighted by molar-refractivity contribution is 7.20. The summed E-state index contributed by atoms with van der Waals surface area (Å²) >= 11 is 1.82. The van der Waals surface area contributed by atoms with Crippen LogP contribution in [0.4, 0.5) is 0 Å². The largest absolute Gasteiger partial charge is 0.313 e. The molecule has 3 aromatic heterocycles. The van der Waals surface area contributed by atoms with E-state index in [1.807, 2.05) is 17.4 Å². The van der Waals surface area contributed by atoms with Gasteiger partial charge >= 0.3 is 0 Å². The standard InChI is InChI=1S/C50H42N2S/c1-7-18-35(10-4)34(6)50-43(40-22-13-16-28-48(40)53-50)31-33(5)51-45-26-15-12-23-41(45)49-38(24-17-27-47(49)51)36-29-30-46-42(32-36)39-21-11-14-25-44(39)52(46)37(19-8-2)20-9-3/h7-32H,2,6H2,1,3-5H3/b18-7-,20-9-,33-31+,35-10+,37-19+. The molecule has 0 unspecified atom stereocenters. The van der Waals surface area contributed by atoms with E-state index >= 15 is 0 Å². The third kappa shape index (κ3) is 5.65. The van der Waals surface area contributed by atoms with Crippen molar-refractivity contribution in [1.82, 2.24) is 9.13 Å². The van der Waals surface area contributed by atoms with E-state index in [2.05, 4.69) is 202 Å². The average molecular weight is 703 g/mol. The summed E-state index contributed by atoms with van der Waals surface area (Å²) in [6.45, 7) is 17.0. The number of para-hydroxylation sites is 2. The number of benzene rings is 5. The molecular formula is C50H42N2S. The van der Waals surface area contributed by atoms with Crippen LogP contribution in [0.15, 0.2) is 170 Å². The number of fused-ring (bicyclic) bond motifs is 7. The van der Waals surface area contributed by atoms with Gasteiger partial charge in [-0.05, 0) is 105 Å². The molecule has 8 aromatic rings.